The molecule has 2 amide bonds. The van der Waals surface area contributed by atoms with Crippen LogP contribution in [0.2, 0.25) is 0 Å². The van der Waals surface area contributed by atoms with E-state index in [1.807, 2.05) is 0 Å². The second-order valence-corrected chi connectivity index (χ2v) is 9.64. The van der Waals surface area contributed by atoms with Crippen molar-refractivity contribution < 1.29 is 32.3 Å². The number of methoxy groups -OCH3 is 1. The highest BCUT2D eigenvalue weighted by atomic mass is 32.2. The number of rotatable bonds is 8. The monoisotopic (exact) mass is 472 g/mol. The molecule has 1 atom stereocenters. The molecule has 9 nitrogen and oxygen atoms in total. The quantitative estimate of drug-likeness (QED) is 0.428. The highest BCUT2D eigenvalue weighted by Gasteiger charge is 2.51. The minimum absolute atomic E-state index is 0.0349. The summed E-state index contributed by atoms with van der Waals surface area (Å²) >= 11 is 0. The number of ether oxygens (including phenoxy) is 2. The van der Waals surface area contributed by atoms with Crippen LogP contribution in [0.1, 0.15) is 36.5 Å². The lowest BCUT2D eigenvalue weighted by Gasteiger charge is -2.26. The van der Waals surface area contributed by atoms with Crippen molar-refractivity contribution in [3.05, 3.63) is 54.1 Å². The van der Waals surface area contributed by atoms with Gasteiger partial charge < -0.3 is 9.47 Å². The average Bonchev–Trinajstić information content (AvgIpc) is 3.59. The van der Waals surface area contributed by atoms with Crippen LogP contribution in [-0.4, -0.2) is 56.3 Å². The van der Waals surface area contributed by atoms with Gasteiger partial charge in [-0.05, 0) is 68.3 Å². The molecular weight excluding hydrogens is 448 g/mol. The Kier molecular flexibility index (Phi) is 6.22. The molecule has 2 aromatic carbocycles. The minimum atomic E-state index is -4.02. The van der Waals surface area contributed by atoms with Gasteiger partial charge in [0.05, 0.1) is 36.3 Å². The maximum Gasteiger partial charge on any atom is 0.338 e. The summed E-state index contributed by atoms with van der Waals surface area (Å²) in [5.74, 6) is -1.10. The van der Waals surface area contributed by atoms with Crippen LogP contribution < -0.4 is 9.64 Å². The zero-order chi connectivity index (χ0) is 23.8. The lowest BCUT2D eigenvalue weighted by atomic mass is 10.2. The summed E-state index contributed by atoms with van der Waals surface area (Å²) in [4.78, 5) is 38.9. The molecule has 1 aliphatic carbocycles. The fraction of sp³-hybridized carbons (Fsp3) is 0.348. The summed E-state index contributed by atoms with van der Waals surface area (Å²) in [5, 5.41) is 0. The number of sulfonamides is 1. The standard InChI is InChI=1S/C23H24N2O7S/c1-3-32-23(28)15-4-6-16(7-5-15)24-21(26)14-20(22(24)27)25(17-8-9-17)33(29,30)19-12-10-18(31-2)11-13-19/h4-7,10-13,17,20H,3,8-9,14H2,1-2H3. The number of nitrogens with zero attached hydrogens (tertiary/aromatic N) is 2. The van der Waals surface area contributed by atoms with Crippen molar-refractivity contribution in [3.8, 4) is 5.75 Å². The second-order valence-electron chi connectivity index (χ2n) is 7.80. The van der Waals surface area contributed by atoms with E-state index >= 15 is 0 Å². The number of anilines is 1. The van der Waals surface area contributed by atoms with E-state index < -0.39 is 33.8 Å². The molecule has 0 radical (unpaired) electrons. The summed E-state index contributed by atoms with van der Waals surface area (Å²) < 4.78 is 38.1. The molecule has 4 rings (SSSR count). The molecule has 2 aliphatic rings. The van der Waals surface area contributed by atoms with Gasteiger partial charge in [0.2, 0.25) is 15.9 Å². The fourth-order valence-corrected chi connectivity index (χ4v) is 5.69. The van der Waals surface area contributed by atoms with E-state index in [-0.39, 0.29) is 35.2 Å². The van der Waals surface area contributed by atoms with Crippen molar-refractivity contribution in [2.45, 2.75) is 43.2 Å². The SMILES string of the molecule is CCOC(=O)c1ccc(N2C(=O)CC(N(C3CC3)S(=O)(=O)c3ccc(OC)cc3)C2=O)cc1. The van der Waals surface area contributed by atoms with E-state index in [9.17, 15) is 22.8 Å². The molecule has 10 heteroatoms. The van der Waals surface area contributed by atoms with E-state index in [1.54, 1.807) is 6.92 Å². The molecule has 33 heavy (non-hydrogen) atoms. The van der Waals surface area contributed by atoms with Gasteiger partial charge in [-0.1, -0.05) is 0 Å². The lowest BCUT2D eigenvalue weighted by Crippen LogP contribution is -2.46. The van der Waals surface area contributed by atoms with Gasteiger partial charge in [-0.25, -0.2) is 18.1 Å². The number of carbonyl (C=O) groups excluding carboxylic acids is 3. The summed E-state index contributed by atoms with van der Waals surface area (Å²) in [6.07, 6.45) is 1.01. The summed E-state index contributed by atoms with van der Waals surface area (Å²) in [6, 6.07) is 10.4. The third-order valence-corrected chi connectivity index (χ3v) is 7.58. The van der Waals surface area contributed by atoms with E-state index in [0.717, 1.165) is 4.90 Å². The maximum absolute atomic E-state index is 13.4. The molecule has 0 spiro atoms. The Morgan fingerprint density at radius 1 is 1.06 bits per heavy atom. The molecule has 0 bridgehead atoms. The normalized spacial score (nSPS) is 18.6. The van der Waals surface area contributed by atoms with E-state index in [1.165, 1.54) is 59.9 Å². The van der Waals surface area contributed by atoms with Gasteiger partial charge in [-0.2, -0.15) is 4.31 Å². The second kappa shape index (κ2) is 8.95. The maximum atomic E-state index is 13.4. The summed E-state index contributed by atoms with van der Waals surface area (Å²) in [5.41, 5.74) is 0.566. The minimum Gasteiger partial charge on any atom is -0.497 e. The summed E-state index contributed by atoms with van der Waals surface area (Å²) in [6.45, 7) is 1.92. The highest BCUT2D eigenvalue weighted by Crippen LogP contribution is 2.38. The van der Waals surface area contributed by atoms with Gasteiger partial charge in [0, 0.05) is 6.04 Å². The zero-order valence-electron chi connectivity index (χ0n) is 18.3. The Morgan fingerprint density at radius 3 is 2.24 bits per heavy atom. The first-order valence-corrected chi connectivity index (χ1v) is 12.0. The first-order chi connectivity index (χ1) is 15.8. The first kappa shape index (κ1) is 22.9. The predicted octanol–water partition coefficient (Wildman–Crippen LogP) is 2.36. The van der Waals surface area contributed by atoms with Crippen molar-refractivity contribution in [3.63, 3.8) is 0 Å². The molecule has 1 saturated carbocycles. The van der Waals surface area contributed by atoms with Gasteiger partial charge in [-0.3, -0.25) is 9.59 Å². The topological polar surface area (TPSA) is 110 Å². The third kappa shape index (κ3) is 4.36. The molecule has 1 saturated heterocycles. The van der Waals surface area contributed by atoms with Crippen LogP contribution in [0, 0.1) is 0 Å². The van der Waals surface area contributed by atoms with Crippen molar-refractivity contribution in [1.82, 2.24) is 4.31 Å². The van der Waals surface area contributed by atoms with Gasteiger partial charge in [-0.15, -0.1) is 0 Å². The average molecular weight is 473 g/mol. The van der Waals surface area contributed by atoms with Gasteiger partial charge in [0.15, 0.2) is 0 Å². The number of benzene rings is 2. The number of esters is 1. The Hall–Kier alpha value is -3.24. The van der Waals surface area contributed by atoms with Crippen molar-refractivity contribution in [2.24, 2.45) is 0 Å². The van der Waals surface area contributed by atoms with Crippen LogP contribution in [0.5, 0.6) is 5.75 Å². The Morgan fingerprint density at radius 2 is 1.70 bits per heavy atom. The Labute approximate surface area is 191 Å². The van der Waals surface area contributed by atoms with Gasteiger partial charge in [0.1, 0.15) is 11.8 Å². The fourth-order valence-electron chi connectivity index (χ4n) is 3.86. The summed E-state index contributed by atoms with van der Waals surface area (Å²) in [7, 11) is -2.53. The molecule has 0 N–H and O–H groups in total. The number of amides is 2. The number of imide groups is 1. The molecule has 2 aromatic rings. The largest absolute Gasteiger partial charge is 0.497 e. The third-order valence-electron chi connectivity index (χ3n) is 5.61. The highest BCUT2D eigenvalue weighted by molar-refractivity contribution is 7.89. The van der Waals surface area contributed by atoms with Crippen LogP contribution in [0.25, 0.3) is 0 Å². The van der Waals surface area contributed by atoms with Crippen LogP contribution in [0.3, 0.4) is 0 Å². The van der Waals surface area contributed by atoms with Gasteiger partial charge >= 0.3 is 5.97 Å². The van der Waals surface area contributed by atoms with E-state index in [2.05, 4.69) is 0 Å². The number of hydrogen-bond acceptors (Lipinski definition) is 7. The molecule has 0 aromatic heterocycles. The Balaban J connectivity index is 1.61. The Bertz CT molecular complexity index is 1170. The molecule has 1 heterocycles. The van der Waals surface area contributed by atoms with Crippen LogP contribution in [0.4, 0.5) is 5.69 Å². The van der Waals surface area contributed by atoms with Crippen LogP contribution >= 0.6 is 0 Å². The molecule has 174 valence electrons. The molecule has 1 unspecified atom stereocenters. The molecule has 1 aliphatic heterocycles. The predicted molar refractivity (Wildman–Crippen MR) is 118 cm³/mol. The smallest absolute Gasteiger partial charge is 0.338 e. The van der Waals surface area contributed by atoms with E-state index in [4.69, 9.17) is 9.47 Å². The van der Waals surface area contributed by atoms with Crippen molar-refractivity contribution in [2.75, 3.05) is 18.6 Å². The zero-order valence-corrected chi connectivity index (χ0v) is 19.1. The van der Waals surface area contributed by atoms with Crippen LogP contribution in [0.15, 0.2) is 53.4 Å². The number of carbonyl (C=O) groups is 3. The van der Waals surface area contributed by atoms with Crippen molar-refractivity contribution in [1.29, 1.82) is 0 Å². The number of hydrogen-bond donors (Lipinski definition) is 0. The van der Waals surface area contributed by atoms with Gasteiger partial charge in [0.25, 0.3) is 5.91 Å². The lowest BCUT2D eigenvalue weighted by molar-refractivity contribution is -0.122. The van der Waals surface area contributed by atoms with Crippen molar-refractivity contribution >= 4 is 33.5 Å². The molecule has 2 fully saturated rings. The first-order valence-electron chi connectivity index (χ1n) is 10.6. The van der Waals surface area contributed by atoms with Crippen LogP contribution in [-0.2, 0) is 24.3 Å². The van der Waals surface area contributed by atoms with E-state index in [0.29, 0.717) is 18.6 Å². The molecular formula is C23H24N2O7S.